The summed E-state index contributed by atoms with van der Waals surface area (Å²) >= 11 is 4.97. The van der Waals surface area contributed by atoms with Crippen molar-refractivity contribution in [1.82, 2.24) is 15.4 Å². The normalized spacial score (nSPS) is 10.9. The molecule has 0 radical (unpaired) electrons. The third-order valence-corrected chi connectivity index (χ3v) is 5.64. The maximum atomic E-state index is 5.04. The fourth-order valence-corrected chi connectivity index (χ4v) is 4.08. The molecule has 0 spiro atoms. The Morgan fingerprint density at radius 2 is 2.33 bits per heavy atom. The van der Waals surface area contributed by atoms with Crippen molar-refractivity contribution in [3.8, 4) is 0 Å². The van der Waals surface area contributed by atoms with Gasteiger partial charge in [-0.3, -0.25) is 0 Å². The van der Waals surface area contributed by atoms with E-state index in [4.69, 9.17) is 4.52 Å². The second-order valence-electron chi connectivity index (χ2n) is 4.35. The molecule has 0 atom stereocenters. The zero-order valence-corrected chi connectivity index (χ0v) is 13.9. The lowest BCUT2D eigenvalue weighted by atomic mass is 10.3. The van der Waals surface area contributed by atoms with Crippen molar-refractivity contribution in [3.63, 3.8) is 0 Å². The van der Waals surface area contributed by atoms with Crippen molar-refractivity contribution in [2.45, 2.75) is 23.4 Å². The summed E-state index contributed by atoms with van der Waals surface area (Å²) in [7, 11) is 0. The van der Waals surface area contributed by atoms with Crippen LogP contribution >= 0.6 is 34.4 Å². The summed E-state index contributed by atoms with van der Waals surface area (Å²) < 4.78 is 5.98. The Hall–Kier alpha value is -1.38. The lowest BCUT2D eigenvalue weighted by Gasteiger charge is -1.98. The van der Waals surface area contributed by atoms with Gasteiger partial charge in [-0.1, -0.05) is 34.3 Å². The van der Waals surface area contributed by atoms with Gasteiger partial charge >= 0.3 is 0 Å². The highest BCUT2D eigenvalue weighted by atomic mass is 32.2. The van der Waals surface area contributed by atoms with Gasteiger partial charge in [-0.15, -0.1) is 21.5 Å². The van der Waals surface area contributed by atoms with E-state index in [0.717, 1.165) is 39.6 Å². The Labute approximate surface area is 134 Å². The molecule has 3 heterocycles. The van der Waals surface area contributed by atoms with Crippen LogP contribution in [0.25, 0.3) is 0 Å². The van der Waals surface area contributed by atoms with Gasteiger partial charge in [0.15, 0.2) is 4.34 Å². The summed E-state index contributed by atoms with van der Waals surface area (Å²) in [6.07, 6.45) is 1.01. The van der Waals surface area contributed by atoms with Gasteiger partial charge in [0.1, 0.15) is 5.76 Å². The van der Waals surface area contributed by atoms with Gasteiger partial charge in [0.25, 0.3) is 0 Å². The molecule has 21 heavy (non-hydrogen) atoms. The van der Waals surface area contributed by atoms with E-state index in [0.29, 0.717) is 0 Å². The maximum absolute atomic E-state index is 5.04. The van der Waals surface area contributed by atoms with E-state index < -0.39 is 0 Å². The van der Waals surface area contributed by atoms with Crippen molar-refractivity contribution in [3.05, 3.63) is 39.9 Å². The van der Waals surface area contributed by atoms with E-state index in [1.54, 1.807) is 34.4 Å². The van der Waals surface area contributed by atoms with Crippen molar-refractivity contribution in [2.24, 2.45) is 0 Å². The van der Waals surface area contributed by atoms with E-state index in [1.807, 2.05) is 13.0 Å². The van der Waals surface area contributed by atoms with E-state index in [9.17, 15) is 0 Å². The van der Waals surface area contributed by atoms with Crippen LogP contribution in [-0.2, 0) is 12.2 Å². The fraction of sp³-hybridized carbons (Fsp3) is 0.308. The highest BCUT2D eigenvalue weighted by molar-refractivity contribution is 8.00. The minimum atomic E-state index is 0.751. The highest BCUT2D eigenvalue weighted by Gasteiger charge is 2.07. The van der Waals surface area contributed by atoms with Gasteiger partial charge in [0.05, 0.1) is 5.69 Å². The van der Waals surface area contributed by atoms with E-state index in [1.165, 1.54) is 4.88 Å². The molecule has 5 nitrogen and oxygen atoms in total. The first-order chi connectivity index (χ1) is 10.3. The van der Waals surface area contributed by atoms with Crippen LogP contribution in [0.1, 0.15) is 16.3 Å². The topological polar surface area (TPSA) is 63.8 Å². The number of hydrogen-bond donors (Lipinski definition) is 1. The molecule has 110 valence electrons. The van der Waals surface area contributed by atoms with Gasteiger partial charge in [-0.25, -0.2) is 0 Å². The van der Waals surface area contributed by atoms with Crippen LogP contribution < -0.4 is 5.32 Å². The molecule has 0 aromatic carbocycles. The summed E-state index contributed by atoms with van der Waals surface area (Å²) in [4.78, 5) is 1.38. The largest absolute Gasteiger partial charge is 0.361 e. The van der Waals surface area contributed by atoms with Gasteiger partial charge in [-0.05, 0) is 24.8 Å². The highest BCUT2D eigenvalue weighted by Crippen LogP contribution is 2.28. The van der Waals surface area contributed by atoms with E-state index in [2.05, 4.69) is 38.2 Å². The first kappa shape index (κ1) is 14.6. The van der Waals surface area contributed by atoms with Crippen molar-refractivity contribution < 1.29 is 4.52 Å². The molecule has 0 aliphatic rings. The molecule has 0 bridgehead atoms. The number of aryl methyl sites for hydroxylation is 1. The second kappa shape index (κ2) is 7.06. The minimum absolute atomic E-state index is 0.751. The van der Waals surface area contributed by atoms with Gasteiger partial charge in [-0.2, -0.15) is 0 Å². The Balaban J connectivity index is 1.45. The SMILES string of the molecule is Cc1cc(CSc2nnc(NCCc3cccs3)s2)no1. The van der Waals surface area contributed by atoms with Crippen molar-refractivity contribution in [2.75, 3.05) is 11.9 Å². The first-order valence-electron chi connectivity index (χ1n) is 6.44. The monoisotopic (exact) mass is 338 g/mol. The number of hydrogen-bond acceptors (Lipinski definition) is 8. The average molecular weight is 338 g/mol. The Bertz CT molecular complexity index is 677. The van der Waals surface area contributed by atoms with Gasteiger partial charge < -0.3 is 9.84 Å². The van der Waals surface area contributed by atoms with E-state index >= 15 is 0 Å². The third-order valence-electron chi connectivity index (χ3n) is 2.65. The van der Waals surface area contributed by atoms with E-state index in [-0.39, 0.29) is 0 Å². The Morgan fingerprint density at radius 1 is 1.38 bits per heavy atom. The molecular weight excluding hydrogens is 324 g/mol. The lowest BCUT2D eigenvalue weighted by molar-refractivity contribution is 0.393. The zero-order chi connectivity index (χ0) is 14.5. The number of aromatic nitrogens is 3. The summed E-state index contributed by atoms with van der Waals surface area (Å²) in [5.74, 6) is 1.58. The smallest absolute Gasteiger partial charge is 0.206 e. The Kier molecular flexibility index (Phi) is 4.89. The van der Waals surface area contributed by atoms with Crippen LogP contribution in [0.4, 0.5) is 5.13 Å². The van der Waals surface area contributed by atoms with Crippen LogP contribution in [0.5, 0.6) is 0 Å². The fourth-order valence-electron chi connectivity index (χ4n) is 1.71. The molecule has 3 rings (SSSR count). The maximum Gasteiger partial charge on any atom is 0.206 e. The molecular formula is C13H14N4OS3. The molecule has 0 unspecified atom stereocenters. The van der Waals surface area contributed by atoms with Gasteiger partial charge in [0.2, 0.25) is 5.13 Å². The van der Waals surface area contributed by atoms with Crippen LogP contribution in [0, 0.1) is 6.92 Å². The number of thiophene rings is 1. The molecule has 3 aromatic rings. The van der Waals surface area contributed by atoms with Crippen molar-refractivity contribution >= 4 is 39.6 Å². The standard InChI is InChI=1S/C13H14N4OS3/c1-9-7-10(17-18-9)8-20-13-16-15-12(21-13)14-5-4-11-3-2-6-19-11/h2-3,6-7H,4-5,8H2,1H3,(H,14,15). The van der Waals surface area contributed by atoms with Crippen LogP contribution in [-0.4, -0.2) is 21.9 Å². The molecule has 1 N–H and O–H groups in total. The molecule has 8 heteroatoms. The van der Waals surface area contributed by atoms with Crippen LogP contribution in [0.15, 0.2) is 32.4 Å². The molecule has 0 aliphatic carbocycles. The third kappa shape index (κ3) is 4.29. The molecule has 3 aromatic heterocycles. The van der Waals surface area contributed by atoms with Crippen LogP contribution in [0.3, 0.4) is 0 Å². The lowest BCUT2D eigenvalue weighted by Crippen LogP contribution is -2.03. The summed E-state index contributed by atoms with van der Waals surface area (Å²) in [6.45, 7) is 2.77. The predicted molar refractivity (Wildman–Crippen MR) is 87.2 cm³/mol. The summed E-state index contributed by atoms with van der Waals surface area (Å²) in [5, 5.41) is 18.6. The molecule has 0 amide bonds. The second-order valence-corrected chi connectivity index (χ2v) is 7.58. The quantitative estimate of drug-likeness (QED) is 0.660. The number of thioether (sulfide) groups is 1. The molecule has 0 aliphatic heterocycles. The van der Waals surface area contributed by atoms with Crippen LogP contribution in [0.2, 0.25) is 0 Å². The number of anilines is 1. The molecule has 0 saturated heterocycles. The number of nitrogens with one attached hydrogen (secondary N) is 1. The minimum Gasteiger partial charge on any atom is -0.361 e. The van der Waals surface area contributed by atoms with Gasteiger partial charge in [0, 0.05) is 23.2 Å². The van der Waals surface area contributed by atoms with Crippen molar-refractivity contribution in [1.29, 1.82) is 0 Å². The molecule has 0 fully saturated rings. The summed E-state index contributed by atoms with van der Waals surface area (Å²) in [6, 6.07) is 6.16. The number of rotatable bonds is 7. The Morgan fingerprint density at radius 3 is 3.10 bits per heavy atom. The predicted octanol–water partition coefficient (Wildman–Crippen LogP) is 3.84. The number of nitrogens with zero attached hydrogens (tertiary/aromatic N) is 3. The molecule has 0 saturated carbocycles. The zero-order valence-electron chi connectivity index (χ0n) is 11.4. The first-order valence-corrected chi connectivity index (χ1v) is 9.12. The average Bonchev–Trinajstić information content (AvgIpc) is 3.19. The summed E-state index contributed by atoms with van der Waals surface area (Å²) in [5.41, 5.74) is 0.930.